The maximum atomic E-state index is 5.37. The van der Waals surface area contributed by atoms with E-state index in [9.17, 15) is 0 Å². The van der Waals surface area contributed by atoms with Crippen molar-refractivity contribution in [2.45, 2.75) is 0 Å². The largest absolute Gasteiger partial charge is 0.245 e. The highest BCUT2D eigenvalue weighted by molar-refractivity contribution is 6.18. The highest BCUT2D eigenvalue weighted by Gasteiger charge is 2.21. The van der Waals surface area contributed by atoms with Crippen molar-refractivity contribution in [3.05, 3.63) is 231 Å². The van der Waals surface area contributed by atoms with Crippen molar-refractivity contribution in [2.24, 2.45) is 0 Å². The van der Waals surface area contributed by atoms with E-state index in [-0.39, 0.29) is 0 Å². The van der Waals surface area contributed by atoms with E-state index in [0.717, 1.165) is 88.7 Å². The Hall–Kier alpha value is -8.73. The molecule has 0 saturated heterocycles. The molecule has 0 saturated carbocycles. The molecule has 0 radical (unpaired) electrons. The second-order valence-corrected chi connectivity index (χ2v) is 16.8. The summed E-state index contributed by atoms with van der Waals surface area (Å²) in [4.78, 5) is 10.4. The van der Waals surface area contributed by atoms with Crippen LogP contribution in [-0.4, -0.2) is 19.7 Å². The number of hydrogen-bond acceptors (Lipinski definition) is 3. The van der Waals surface area contributed by atoms with E-state index in [1.165, 1.54) is 38.1 Å². The Kier molecular flexibility index (Phi) is 8.50. The van der Waals surface area contributed by atoms with E-state index >= 15 is 0 Å². The Balaban J connectivity index is 0.910. The van der Waals surface area contributed by atoms with Crippen LogP contribution in [0.2, 0.25) is 0 Å². The Bertz CT molecular complexity index is 3970. The molecule has 13 aromatic rings. The van der Waals surface area contributed by atoms with Crippen LogP contribution < -0.4 is 0 Å². The molecule has 4 heteroatoms. The van der Waals surface area contributed by atoms with Crippen molar-refractivity contribution in [1.82, 2.24) is 19.7 Å². The molecule has 0 spiro atoms. The lowest BCUT2D eigenvalue weighted by atomic mass is 9.91. The van der Waals surface area contributed by atoms with Gasteiger partial charge in [0.25, 0.3) is 0 Å². The van der Waals surface area contributed by atoms with Gasteiger partial charge in [0, 0.05) is 38.2 Å². The number of nitrogens with zero attached hydrogens (tertiary/aromatic N) is 4. The summed E-state index contributed by atoms with van der Waals surface area (Å²) in [5.41, 5.74) is 14.7. The van der Waals surface area contributed by atoms with Crippen LogP contribution in [0.3, 0.4) is 0 Å². The summed E-state index contributed by atoms with van der Waals surface area (Å²) >= 11 is 0. The lowest BCUT2D eigenvalue weighted by molar-refractivity contribution is 0.918. The van der Waals surface area contributed by atoms with Crippen LogP contribution in [-0.2, 0) is 0 Å². The van der Waals surface area contributed by atoms with Gasteiger partial charge in [-0.15, -0.1) is 0 Å². The number of pyridine rings is 2. The maximum absolute atomic E-state index is 5.37. The first-order chi connectivity index (χ1) is 32.2. The summed E-state index contributed by atoms with van der Waals surface area (Å²) in [5.74, 6) is 0. The van der Waals surface area contributed by atoms with E-state index in [1.807, 2.05) is 6.07 Å². The molecule has 0 unspecified atom stereocenters. The molecule has 0 aliphatic rings. The van der Waals surface area contributed by atoms with Gasteiger partial charge in [-0.05, 0) is 97.7 Å². The maximum Gasteiger partial charge on any atom is 0.101 e. The predicted molar refractivity (Wildman–Crippen MR) is 271 cm³/mol. The van der Waals surface area contributed by atoms with Gasteiger partial charge in [0.1, 0.15) is 5.69 Å². The first-order valence-corrected chi connectivity index (χ1v) is 22.1. The van der Waals surface area contributed by atoms with Crippen molar-refractivity contribution in [1.29, 1.82) is 0 Å². The van der Waals surface area contributed by atoms with Crippen molar-refractivity contribution < 1.29 is 0 Å². The molecule has 65 heavy (non-hydrogen) atoms. The molecule has 13 rings (SSSR count). The molecule has 3 heterocycles. The smallest absolute Gasteiger partial charge is 0.101 e. The fraction of sp³-hybridized carbons (Fsp3) is 0. The van der Waals surface area contributed by atoms with Crippen LogP contribution in [0, 0.1) is 0 Å². The quantitative estimate of drug-likeness (QED) is 0.157. The first kappa shape index (κ1) is 36.9. The van der Waals surface area contributed by atoms with Crippen LogP contribution in [0.4, 0.5) is 0 Å². The normalized spacial score (nSPS) is 11.7. The minimum Gasteiger partial charge on any atom is -0.245 e. The molecular formula is C61H38N4. The molecule has 0 bridgehead atoms. The predicted octanol–water partition coefficient (Wildman–Crippen LogP) is 15.9. The number of rotatable bonds is 6. The van der Waals surface area contributed by atoms with Crippen molar-refractivity contribution >= 4 is 65.0 Å². The van der Waals surface area contributed by atoms with Crippen molar-refractivity contribution in [2.75, 3.05) is 0 Å². The highest BCUT2D eigenvalue weighted by Crippen LogP contribution is 2.43. The zero-order valence-electron chi connectivity index (χ0n) is 35.2. The van der Waals surface area contributed by atoms with E-state index < -0.39 is 0 Å². The van der Waals surface area contributed by atoms with Gasteiger partial charge in [-0.25, -0.2) is 14.6 Å². The molecule has 0 fully saturated rings. The highest BCUT2D eigenvalue weighted by atomic mass is 15.3. The first-order valence-electron chi connectivity index (χ1n) is 22.1. The summed E-state index contributed by atoms with van der Waals surface area (Å²) in [6.45, 7) is 0. The van der Waals surface area contributed by atoms with Crippen molar-refractivity contribution in [3.8, 4) is 61.7 Å². The third-order valence-corrected chi connectivity index (χ3v) is 12.9. The van der Waals surface area contributed by atoms with Gasteiger partial charge in [-0.3, -0.25) is 0 Å². The minimum absolute atomic E-state index is 0.914. The standard InChI is InChI=1S/C61H38N4/c1-5-13-39(14-6-1)54-38-49-36-45(26-32-53(49)61-57(54)58(41-17-9-3-10-18-41)64-65(61)50-19-11-4-12-20-50)44-25-30-51-46(35-44)23-24-47-37-48(27-31-52(47)51)56-34-29-43-22-21-42-28-33-55(40-15-7-2-8-16-40)62-59(42)60(43)63-56/h1-38H. The summed E-state index contributed by atoms with van der Waals surface area (Å²) in [6, 6.07) is 82.2. The fourth-order valence-corrected chi connectivity index (χ4v) is 9.73. The Morgan fingerprint density at radius 2 is 0.769 bits per heavy atom. The lowest BCUT2D eigenvalue weighted by Crippen LogP contribution is -1.97. The van der Waals surface area contributed by atoms with Gasteiger partial charge in [-0.1, -0.05) is 182 Å². The van der Waals surface area contributed by atoms with Gasteiger partial charge < -0.3 is 0 Å². The van der Waals surface area contributed by atoms with Gasteiger partial charge >= 0.3 is 0 Å². The Labute approximate surface area is 375 Å². The lowest BCUT2D eigenvalue weighted by Gasteiger charge is -2.13. The van der Waals surface area contributed by atoms with Crippen LogP contribution in [0.1, 0.15) is 0 Å². The summed E-state index contributed by atoms with van der Waals surface area (Å²) in [7, 11) is 0. The van der Waals surface area contributed by atoms with Crippen LogP contribution in [0.15, 0.2) is 231 Å². The van der Waals surface area contributed by atoms with Crippen LogP contribution >= 0.6 is 0 Å². The molecule has 10 aromatic carbocycles. The van der Waals surface area contributed by atoms with Gasteiger partial charge in [0.15, 0.2) is 0 Å². The molecule has 0 atom stereocenters. The summed E-state index contributed by atoms with van der Waals surface area (Å²) in [5, 5.41) is 15.8. The molecular weight excluding hydrogens is 789 g/mol. The van der Waals surface area contributed by atoms with E-state index in [0.29, 0.717) is 0 Å². The number of fused-ring (bicyclic) bond motifs is 9. The molecule has 0 N–H and O–H groups in total. The Morgan fingerprint density at radius 3 is 1.38 bits per heavy atom. The number of aromatic nitrogens is 4. The van der Waals surface area contributed by atoms with E-state index in [4.69, 9.17) is 15.1 Å². The zero-order valence-corrected chi connectivity index (χ0v) is 35.2. The number of benzene rings is 10. The third-order valence-electron chi connectivity index (χ3n) is 12.9. The molecule has 3 aromatic heterocycles. The number of para-hydroxylation sites is 1. The third kappa shape index (κ3) is 6.26. The fourth-order valence-electron chi connectivity index (χ4n) is 9.73. The van der Waals surface area contributed by atoms with E-state index in [2.05, 4.69) is 229 Å². The minimum atomic E-state index is 0.914. The second-order valence-electron chi connectivity index (χ2n) is 16.8. The van der Waals surface area contributed by atoms with Gasteiger partial charge in [0.2, 0.25) is 0 Å². The Morgan fingerprint density at radius 1 is 0.308 bits per heavy atom. The second kappa shape index (κ2) is 15.0. The molecule has 0 amide bonds. The average Bonchev–Trinajstić information content (AvgIpc) is 3.80. The number of hydrogen-bond donors (Lipinski definition) is 0. The van der Waals surface area contributed by atoms with E-state index in [1.54, 1.807) is 0 Å². The van der Waals surface area contributed by atoms with Crippen LogP contribution in [0.5, 0.6) is 0 Å². The molecule has 0 aliphatic carbocycles. The van der Waals surface area contributed by atoms with Gasteiger partial charge in [-0.2, -0.15) is 5.10 Å². The molecule has 0 aliphatic heterocycles. The van der Waals surface area contributed by atoms with Crippen LogP contribution in [0.25, 0.3) is 127 Å². The van der Waals surface area contributed by atoms with Gasteiger partial charge in [0.05, 0.1) is 33.6 Å². The summed E-state index contributed by atoms with van der Waals surface area (Å²) in [6.07, 6.45) is 0. The van der Waals surface area contributed by atoms with Crippen molar-refractivity contribution in [3.63, 3.8) is 0 Å². The average molecular weight is 827 g/mol. The zero-order chi connectivity index (χ0) is 42.8. The topological polar surface area (TPSA) is 43.6 Å². The SMILES string of the molecule is c1ccc(-c2ccc3ccc4ccc(-c5ccc6c(ccc7cc(-c8ccc9c(c8)cc(-c8ccccc8)c8c(-c%10ccccc%10)nn(-c%10ccccc%10)c89)ccc76)c5)nc4c3n2)cc1. The summed E-state index contributed by atoms with van der Waals surface area (Å²) < 4.78 is 2.13. The molecule has 302 valence electrons. The monoisotopic (exact) mass is 826 g/mol. The molecule has 4 nitrogen and oxygen atoms in total.